The average Bonchev–Trinajstić information content (AvgIpc) is 1.84. The molecule has 70 valence electrons. The van der Waals surface area contributed by atoms with Crippen LogP contribution in [0.5, 0.6) is 0 Å². The second-order valence-corrected chi connectivity index (χ2v) is 4.09. The van der Waals surface area contributed by atoms with Crippen molar-refractivity contribution in [3.05, 3.63) is 12.3 Å². The van der Waals surface area contributed by atoms with Crippen molar-refractivity contribution in [2.75, 3.05) is 0 Å². The third-order valence-electron chi connectivity index (χ3n) is 1.71. The molecule has 0 bridgehead atoms. The molecule has 0 saturated heterocycles. The molecule has 0 unspecified atom stereocenters. The van der Waals surface area contributed by atoms with E-state index >= 15 is 0 Å². The quantitative estimate of drug-likeness (QED) is 0.659. The Kier molecular flexibility index (Phi) is 4.01. The minimum absolute atomic E-state index is 0.164. The summed E-state index contributed by atoms with van der Waals surface area (Å²) >= 11 is 0. The average molecular weight is 170 g/mol. The van der Waals surface area contributed by atoms with Gasteiger partial charge in [-0.1, -0.05) is 27.4 Å². The standard InChI is InChI=1S/C10H18O2/c1-8(11)6-5-7-9(12)10(2,3)4/h11H,1,5-7H2,2-4H3. The predicted octanol–water partition coefficient (Wildman–Crippen LogP) is 2.84. The zero-order valence-corrected chi connectivity index (χ0v) is 8.18. The van der Waals surface area contributed by atoms with Crippen LogP contribution in [0.1, 0.15) is 40.0 Å². The Balaban J connectivity index is 3.66. The van der Waals surface area contributed by atoms with Crippen LogP contribution in [-0.2, 0) is 4.79 Å². The van der Waals surface area contributed by atoms with Gasteiger partial charge in [-0.3, -0.25) is 4.79 Å². The minimum Gasteiger partial charge on any atom is -0.513 e. The maximum atomic E-state index is 11.3. The molecular formula is C10H18O2. The highest BCUT2D eigenvalue weighted by molar-refractivity contribution is 5.83. The van der Waals surface area contributed by atoms with Gasteiger partial charge in [0, 0.05) is 18.3 Å². The lowest BCUT2D eigenvalue weighted by Gasteiger charge is -2.15. The van der Waals surface area contributed by atoms with Gasteiger partial charge in [0.1, 0.15) is 5.78 Å². The molecule has 0 aromatic heterocycles. The fourth-order valence-corrected chi connectivity index (χ4v) is 0.828. The summed E-state index contributed by atoms with van der Waals surface area (Å²) in [7, 11) is 0. The van der Waals surface area contributed by atoms with Gasteiger partial charge in [0.15, 0.2) is 0 Å². The van der Waals surface area contributed by atoms with E-state index in [1.807, 2.05) is 20.8 Å². The second kappa shape index (κ2) is 4.29. The molecule has 0 spiro atoms. The van der Waals surface area contributed by atoms with Crippen LogP contribution >= 0.6 is 0 Å². The van der Waals surface area contributed by atoms with Gasteiger partial charge in [0.25, 0.3) is 0 Å². The number of aliphatic hydroxyl groups excluding tert-OH is 1. The summed E-state index contributed by atoms with van der Waals surface area (Å²) in [5, 5.41) is 8.76. The molecule has 12 heavy (non-hydrogen) atoms. The number of hydrogen-bond donors (Lipinski definition) is 1. The zero-order valence-electron chi connectivity index (χ0n) is 8.18. The smallest absolute Gasteiger partial charge is 0.138 e. The van der Waals surface area contributed by atoms with Gasteiger partial charge < -0.3 is 5.11 Å². The first-order valence-corrected chi connectivity index (χ1v) is 4.24. The molecule has 1 N–H and O–H groups in total. The first-order chi connectivity index (χ1) is 5.34. The predicted molar refractivity (Wildman–Crippen MR) is 50.1 cm³/mol. The van der Waals surface area contributed by atoms with E-state index in [2.05, 4.69) is 6.58 Å². The van der Waals surface area contributed by atoms with E-state index < -0.39 is 0 Å². The Bertz CT molecular complexity index is 175. The molecule has 0 aliphatic carbocycles. The highest BCUT2D eigenvalue weighted by Gasteiger charge is 2.19. The van der Waals surface area contributed by atoms with Crippen LogP contribution in [0.15, 0.2) is 12.3 Å². The summed E-state index contributed by atoms with van der Waals surface area (Å²) < 4.78 is 0. The number of aliphatic hydroxyl groups is 1. The fourth-order valence-electron chi connectivity index (χ4n) is 0.828. The summed E-state index contributed by atoms with van der Waals surface area (Å²) in [4.78, 5) is 11.3. The molecule has 0 aliphatic rings. The molecule has 0 radical (unpaired) electrons. The van der Waals surface area contributed by atoms with Crippen LogP contribution in [-0.4, -0.2) is 10.9 Å². The summed E-state index contributed by atoms with van der Waals surface area (Å²) in [6.07, 6.45) is 1.76. The van der Waals surface area contributed by atoms with Gasteiger partial charge in [0.05, 0.1) is 5.76 Å². The van der Waals surface area contributed by atoms with Crippen molar-refractivity contribution in [3.8, 4) is 0 Å². The van der Waals surface area contributed by atoms with E-state index in [4.69, 9.17) is 5.11 Å². The van der Waals surface area contributed by atoms with Crippen LogP contribution in [0, 0.1) is 5.41 Å². The highest BCUT2D eigenvalue weighted by atomic mass is 16.3. The Morgan fingerprint density at radius 1 is 1.33 bits per heavy atom. The first kappa shape index (κ1) is 11.2. The lowest BCUT2D eigenvalue weighted by Crippen LogP contribution is -2.19. The van der Waals surface area contributed by atoms with Crippen molar-refractivity contribution in [1.29, 1.82) is 0 Å². The number of rotatable bonds is 4. The molecule has 0 aromatic carbocycles. The number of hydrogen-bond acceptors (Lipinski definition) is 2. The van der Waals surface area contributed by atoms with Gasteiger partial charge >= 0.3 is 0 Å². The fraction of sp³-hybridized carbons (Fsp3) is 0.700. The van der Waals surface area contributed by atoms with Crippen LogP contribution in [0.25, 0.3) is 0 Å². The summed E-state index contributed by atoms with van der Waals surface area (Å²) in [6.45, 7) is 9.08. The second-order valence-electron chi connectivity index (χ2n) is 4.09. The van der Waals surface area contributed by atoms with Crippen LogP contribution in [0.4, 0.5) is 0 Å². The number of Topliss-reactive ketones (excluding diaryl/α,β-unsaturated/α-hetero) is 1. The lowest BCUT2D eigenvalue weighted by molar-refractivity contribution is -0.126. The van der Waals surface area contributed by atoms with Crippen molar-refractivity contribution in [1.82, 2.24) is 0 Å². The van der Waals surface area contributed by atoms with Gasteiger partial charge in [0.2, 0.25) is 0 Å². The van der Waals surface area contributed by atoms with E-state index in [1.165, 1.54) is 0 Å². The molecule has 0 heterocycles. The number of ketones is 1. The van der Waals surface area contributed by atoms with Gasteiger partial charge in [-0.2, -0.15) is 0 Å². The van der Waals surface area contributed by atoms with E-state index in [0.717, 1.165) is 0 Å². The topological polar surface area (TPSA) is 37.3 Å². The molecule has 0 saturated carbocycles. The zero-order chi connectivity index (χ0) is 9.78. The molecule has 0 rings (SSSR count). The maximum Gasteiger partial charge on any atom is 0.138 e. The van der Waals surface area contributed by atoms with Crippen molar-refractivity contribution in [2.45, 2.75) is 40.0 Å². The summed E-state index contributed by atoms with van der Waals surface area (Å²) in [6, 6.07) is 0. The lowest BCUT2D eigenvalue weighted by atomic mass is 9.88. The molecular weight excluding hydrogens is 152 g/mol. The van der Waals surface area contributed by atoms with E-state index in [9.17, 15) is 4.79 Å². The van der Waals surface area contributed by atoms with Gasteiger partial charge in [-0.25, -0.2) is 0 Å². The molecule has 2 nitrogen and oxygen atoms in total. The molecule has 0 aromatic rings. The molecule has 0 fully saturated rings. The van der Waals surface area contributed by atoms with Crippen LogP contribution in [0.3, 0.4) is 0 Å². The first-order valence-electron chi connectivity index (χ1n) is 4.24. The van der Waals surface area contributed by atoms with Crippen molar-refractivity contribution >= 4 is 5.78 Å². The molecule has 0 amide bonds. The molecule has 0 atom stereocenters. The number of carbonyl (C=O) groups is 1. The Morgan fingerprint density at radius 2 is 1.83 bits per heavy atom. The Hall–Kier alpha value is -0.790. The third kappa shape index (κ3) is 4.94. The number of carbonyl (C=O) groups excluding carboxylic acids is 1. The normalized spacial score (nSPS) is 11.2. The summed E-state index contributed by atoms with van der Waals surface area (Å²) in [5.41, 5.74) is -0.253. The molecule has 0 aliphatic heterocycles. The summed E-state index contributed by atoms with van der Waals surface area (Å²) in [5.74, 6) is 0.403. The van der Waals surface area contributed by atoms with E-state index in [1.54, 1.807) is 0 Å². The van der Waals surface area contributed by atoms with Crippen LogP contribution in [0.2, 0.25) is 0 Å². The third-order valence-corrected chi connectivity index (χ3v) is 1.71. The Labute approximate surface area is 74.3 Å². The largest absolute Gasteiger partial charge is 0.513 e. The maximum absolute atomic E-state index is 11.3. The van der Waals surface area contributed by atoms with Gasteiger partial charge in [-0.05, 0) is 6.42 Å². The molecule has 2 heteroatoms. The SMILES string of the molecule is C=C(O)CCCC(=O)C(C)(C)C. The van der Waals surface area contributed by atoms with Crippen molar-refractivity contribution in [2.24, 2.45) is 5.41 Å². The Morgan fingerprint density at radius 3 is 2.17 bits per heavy atom. The van der Waals surface area contributed by atoms with Crippen LogP contribution < -0.4 is 0 Å². The minimum atomic E-state index is -0.253. The highest BCUT2D eigenvalue weighted by Crippen LogP contribution is 2.18. The van der Waals surface area contributed by atoms with Crippen molar-refractivity contribution < 1.29 is 9.90 Å². The van der Waals surface area contributed by atoms with Gasteiger partial charge in [-0.15, -0.1) is 0 Å². The van der Waals surface area contributed by atoms with E-state index in [-0.39, 0.29) is 17.0 Å². The monoisotopic (exact) mass is 170 g/mol. The van der Waals surface area contributed by atoms with Crippen molar-refractivity contribution in [3.63, 3.8) is 0 Å². The van der Waals surface area contributed by atoms with E-state index in [0.29, 0.717) is 19.3 Å². The number of allylic oxidation sites excluding steroid dienone is 1.